The number of hydrogen-bond acceptors (Lipinski definition) is 5. The van der Waals surface area contributed by atoms with Gasteiger partial charge in [0, 0.05) is 26.2 Å². The number of aliphatic hydroxyl groups is 1. The summed E-state index contributed by atoms with van der Waals surface area (Å²) in [7, 11) is 0. The fraction of sp³-hybridized carbons (Fsp3) is 0.423. The number of nitrogens with zero attached hydrogens (tertiary/aromatic N) is 3. The van der Waals surface area contributed by atoms with Crippen molar-refractivity contribution in [2.45, 2.75) is 40.3 Å². The van der Waals surface area contributed by atoms with E-state index in [1.165, 1.54) is 6.07 Å². The number of halogens is 1. The van der Waals surface area contributed by atoms with Gasteiger partial charge in [0.2, 0.25) is 5.88 Å². The van der Waals surface area contributed by atoms with Crippen LogP contribution >= 0.6 is 0 Å². The molecule has 1 aromatic heterocycles. The largest absolute Gasteiger partial charge is 0.435 e. The number of para-hydroxylation sites is 2. The van der Waals surface area contributed by atoms with E-state index in [-0.39, 0.29) is 12.4 Å². The molecule has 0 amide bonds. The molecule has 0 radical (unpaired) electrons. The number of ether oxygens (including phenoxy) is 2. The van der Waals surface area contributed by atoms with Crippen molar-refractivity contribution in [3.63, 3.8) is 0 Å². The van der Waals surface area contributed by atoms with E-state index in [1.807, 2.05) is 44.2 Å². The van der Waals surface area contributed by atoms with Crippen LogP contribution in [0.25, 0.3) is 5.69 Å². The van der Waals surface area contributed by atoms with E-state index >= 15 is 0 Å². The highest BCUT2D eigenvalue weighted by Crippen LogP contribution is 2.32. The SMILES string of the molecule is CCOC[C@@H](O)CN(Cc1c(C)nn(-c2ccccc2)c1Oc1ccccc1F)CC(C)C. The topological polar surface area (TPSA) is 59.8 Å². The third-order valence-electron chi connectivity index (χ3n) is 5.17. The molecule has 1 atom stereocenters. The highest BCUT2D eigenvalue weighted by Gasteiger charge is 2.23. The average molecular weight is 456 g/mol. The molecule has 0 aliphatic rings. The van der Waals surface area contributed by atoms with Crippen molar-refractivity contribution in [1.29, 1.82) is 0 Å². The Kier molecular flexibility index (Phi) is 9.00. The smallest absolute Gasteiger partial charge is 0.227 e. The Hall–Kier alpha value is -2.74. The van der Waals surface area contributed by atoms with Crippen LogP contribution < -0.4 is 4.74 Å². The van der Waals surface area contributed by atoms with E-state index < -0.39 is 11.9 Å². The van der Waals surface area contributed by atoms with Gasteiger partial charge >= 0.3 is 0 Å². The Morgan fingerprint density at radius 1 is 1.06 bits per heavy atom. The highest BCUT2D eigenvalue weighted by molar-refractivity contribution is 5.43. The quantitative estimate of drug-likeness (QED) is 0.418. The van der Waals surface area contributed by atoms with Crippen molar-refractivity contribution in [3.8, 4) is 17.3 Å². The van der Waals surface area contributed by atoms with Crippen LogP contribution in [0.1, 0.15) is 32.0 Å². The Morgan fingerprint density at radius 2 is 1.76 bits per heavy atom. The minimum atomic E-state index is -0.607. The fourth-order valence-electron chi connectivity index (χ4n) is 3.75. The molecule has 3 rings (SSSR count). The maximum atomic E-state index is 14.5. The molecule has 0 aliphatic heterocycles. The normalized spacial score (nSPS) is 12.5. The van der Waals surface area contributed by atoms with Crippen LogP contribution in [0, 0.1) is 18.7 Å². The number of rotatable bonds is 12. The summed E-state index contributed by atoms with van der Waals surface area (Å²) in [4.78, 5) is 2.17. The summed E-state index contributed by atoms with van der Waals surface area (Å²) < 4.78 is 27.7. The third-order valence-corrected chi connectivity index (χ3v) is 5.17. The lowest BCUT2D eigenvalue weighted by Gasteiger charge is -2.27. The molecule has 0 saturated heterocycles. The van der Waals surface area contributed by atoms with E-state index in [0.717, 1.165) is 23.5 Å². The molecule has 2 aromatic carbocycles. The van der Waals surface area contributed by atoms with Gasteiger partial charge in [-0.2, -0.15) is 5.10 Å². The molecule has 7 heteroatoms. The van der Waals surface area contributed by atoms with Crippen molar-refractivity contribution in [2.75, 3.05) is 26.3 Å². The standard InChI is InChI=1S/C26H34FN3O3/c1-5-32-18-22(31)16-29(15-19(2)3)17-23-20(4)28-30(21-11-7-6-8-12-21)26(23)33-25-14-10-9-13-24(25)27/h6-14,19,22,31H,5,15-18H2,1-4H3/t22-/m0/s1. The van der Waals surface area contributed by atoms with Crippen LogP contribution in [0.3, 0.4) is 0 Å². The maximum absolute atomic E-state index is 14.5. The molecular weight excluding hydrogens is 421 g/mol. The summed E-state index contributed by atoms with van der Waals surface area (Å²) in [6.45, 7) is 10.7. The van der Waals surface area contributed by atoms with Crippen LogP contribution in [0.15, 0.2) is 54.6 Å². The van der Waals surface area contributed by atoms with Crippen LogP contribution in [0.2, 0.25) is 0 Å². The predicted octanol–water partition coefficient (Wildman–Crippen LogP) is 4.97. The van der Waals surface area contributed by atoms with Gasteiger partial charge in [-0.05, 0) is 44.0 Å². The molecule has 0 fully saturated rings. The van der Waals surface area contributed by atoms with Crippen molar-refractivity contribution < 1.29 is 19.0 Å². The van der Waals surface area contributed by atoms with E-state index in [9.17, 15) is 9.50 Å². The van der Waals surface area contributed by atoms with Crippen molar-refractivity contribution in [3.05, 3.63) is 71.7 Å². The Balaban J connectivity index is 1.98. The average Bonchev–Trinajstić information content (AvgIpc) is 3.09. The molecule has 3 aromatic rings. The molecule has 0 bridgehead atoms. The summed E-state index contributed by atoms with van der Waals surface area (Å²) in [6, 6.07) is 16.0. The first-order chi connectivity index (χ1) is 15.9. The lowest BCUT2D eigenvalue weighted by molar-refractivity contribution is 0.0173. The number of benzene rings is 2. The minimum Gasteiger partial charge on any atom is -0.435 e. The van der Waals surface area contributed by atoms with Gasteiger partial charge in [-0.1, -0.05) is 44.2 Å². The first kappa shape index (κ1) is 24.9. The minimum absolute atomic E-state index is 0.141. The summed E-state index contributed by atoms with van der Waals surface area (Å²) in [5, 5.41) is 15.2. The summed E-state index contributed by atoms with van der Waals surface area (Å²) in [5.41, 5.74) is 2.47. The molecule has 6 nitrogen and oxygen atoms in total. The first-order valence-electron chi connectivity index (χ1n) is 11.4. The van der Waals surface area contributed by atoms with Crippen molar-refractivity contribution >= 4 is 0 Å². The number of hydrogen-bond donors (Lipinski definition) is 1. The molecule has 0 unspecified atom stereocenters. The summed E-state index contributed by atoms with van der Waals surface area (Å²) in [5.74, 6) is 0.567. The van der Waals surface area contributed by atoms with Crippen LogP contribution in [0.4, 0.5) is 4.39 Å². The molecule has 178 valence electrons. The molecule has 1 heterocycles. The lowest BCUT2D eigenvalue weighted by Crippen LogP contribution is -2.37. The zero-order valence-electron chi connectivity index (χ0n) is 19.9. The predicted molar refractivity (Wildman–Crippen MR) is 127 cm³/mol. The molecule has 33 heavy (non-hydrogen) atoms. The molecule has 0 aliphatic carbocycles. The van der Waals surface area contributed by atoms with Gasteiger partial charge in [0.1, 0.15) is 0 Å². The Morgan fingerprint density at radius 3 is 2.42 bits per heavy atom. The van der Waals surface area contributed by atoms with Gasteiger partial charge in [0.05, 0.1) is 29.7 Å². The number of aliphatic hydroxyl groups excluding tert-OH is 1. The Labute approximate surface area is 195 Å². The van der Waals surface area contributed by atoms with Crippen molar-refractivity contribution in [1.82, 2.24) is 14.7 Å². The maximum Gasteiger partial charge on any atom is 0.227 e. The fourth-order valence-corrected chi connectivity index (χ4v) is 3.75. The molecule has 1 N–H and O–H groups in total. The molecule has 0 spiro atoms. The van der Waals surface area contributed by atoms with Crippen LogP contribution in [0.5, 0.6) is 11.6 Å². The van der Waals surface area contributed by atoms with Gasteiger partial charge in [-0.3, -0.25) is 4.90 Å². The highest BCUT2D eigenvalue weighted by atomic mass is 19.1. The second-order valence-corrected chi connectivity index (χ2v) is 8.55. The Bertz CT molecular complexity index is 1010. The summed E-state index contributed by atoms with van der Waals surface area (Å²) in [6.07, 6.45) is -0.607. The van der Waals surface area contributed by atoms with E-state index in [4.69, 9.17) is 14.6 Å². The van der Waals surface area contributed by atoms with Gasteiger partial charge < -0.3 is 14.6 Å². The molecule has 0 saturated carbocycles. The van der Waals surface area contributed by atoms with Gasteiger partial charge in [0.25, 0.3) is 0 Å². The van der Waals surface area contributed by atoms with Gasteiger partial charge in [-0.15, -0.1) is 0 Å². The monoisotopic (exact) mass is 455 g/mol. The summed E-state index contributed by atoms with van der Waals surface area (Å²) >= 11 is 0. The van der Waals surface area contributed by atoms with Crippen molar-refractivity contribution in [2.24, 2.45) is 5.92 Å². The zero-order valence-corrected chi connectivity index (χ0v) is 19.9. The van der Waals surface area contributed by atoms with Crippen LogP contribution in [-0.4, -0.2) is 52.2 Å². The first-order valence-corrected chi connectivity index (χ1v) is 11.4. The number of aryl methyl sites for hydroxylation is 1. The molecular formula is C26H34FN3O3. The van der Waals surface area contributed by atoms with E-state index in [2.05, 4.69) is 18.7 Å². The number of aromatic nitrogens is 2. The van der Waals surface area contributed by atoms with E-state index in [1.54, 1.807) is 22.9 Å². The van der Waals surface area contributed by atoms with Crippen LogP contribution in [-0.2, 0) is 11.3 Å². The lowest BCUT2D eigenvalue weighted by atomic mass is 10.1. The second kappa shape index (κ2) is 11.9. The third kappa shape index (κ3) is 6.87. The van der Waals surface area contributed by atoms with Gasteiger partial charge in [0.15, 0.2) is 11.6 Å². The van der Waals surface area contributed by atoms with E-state index in [0.29, 0.717) is 31.5 Å². The zero-order chi connectivity index (χ0) is 23.8. The second-order valence-electron chi connectivity index (χ2n) is 8.55. The van der Waals surface area contributed by atoms with Gasteiger partial charge in [-0.25, -0.2) is 9.07 Å².